The smallest absolute Gasteiger partial charge is 0.141 e. The minimum Gasteiger partial charge on any atom is -0.508 e. The van der Waals surface area contributed by atoms with Gasteiger partial charge in [0.2, 0.25) is 0 Å². The molecule has 0 atom stereocenters. The number of aromatic nitrogens is 2. The highest BCUT2D eigenvalue weighted by Gasteiger charge is 2.16. The molecule has 0 aliphatic carbocycles. The first-order valence-electron chi connectivity index (χ1n) is 7.26. The lowest BCUT2D eigenvalue weighted by molar-refractivity contribution is 0.475. The monoisotopic (exact) mass is 280 g/mol. The van der Waals surface area contributed by atoms with Crippen LogP contribution in [-0.4, -0.2) is 14.7 Å². The summed E-state index contributed by atoms with van der Waals surface area (Å²) in [4.78, 5) is 4.84. The molecule has 0 radical (unpaired) electrons. The summed E-state index contributed by atoms with van der Waals surface area (Å²) in [7, 11) is 0. The van der Waals surface area contributed by atoms with Crippen LogP contribution in [0.5, 0.6) is 5.75 Å². The number of rotatable bonds is 2. The van der Waals surface area contributed by atoms with Crippen molar-refractivity contribution in [2.45, 2.75) is 33.7 Å². The number of hydrogen-bond donors (Lipinski definition) is 1. The van der Waals surface area contributed by atoms with Gasteiger partial charge in [0.15, 0.2) is 0 Å². The van der Waals surface area contributed by atoms with Crippen molar-refractivity contribution >= 4 is 11.0 Å². The number of benzene rings is 2. The Morgan fingerprint density at radius 2 is 1.81 bits per heavy atom. The van der Waals surface area contributed by atoms with Crippen LogP contribution in [0.2, 0.25) is 0 Å². The van der Waals surface area contributed by atoms with Crippen molar-refractivity contribution in [3.63, 3.8) is 0 Å². The third kappa shape index (κ3) is 2.29. The maximum absolute atomic E-state index is 9.61. The summed E-state index contributed by atoms with van der Waals surface area (Å²) in [5.41, 5.74) is 5.48. The molecule has 3 nitrogen and oxygen atoms in total. The second-order valence-electron chi connectivity index (χ2n) is 5.89. The van der Waals surface area contributed by atoms with E-state index in [9.17, 15) is 5.11 Å². The lowest BCUT2D eigenvalue weighted by Gasteiger charge is -2.14. The molecule has 3 heteroatoms. The van der Waals surface area contributed by atoms with Crippen LogP contribution < -0.4 is 0 Å². The van der Waals surface area contributed by atoms with E-state index in [-0.39, 0.29) is 0 Å². The fraction of sp³-hybridized carbons (Fsp3) is 0.278. The quantitative estimate of drug-likeness (QED) is 0.744. The van der Waals surface area contributed by atoms with Gasteiger partial charge in [0.1, 0.15) is 11.6 Å². The molecule has 1 N–H and O–H groups in total. The van der Waals surface area contributed by atoms with Gasteiger partial charge in [0.25, 0.3) is 0 Å². The third-order valence-electron chi connectivity index (χ3n) is 3.81. The molecule has 2 aromatic carbocycles. The molecule has 108 valence electrons. The molecule has 0 aliphatic heterocycles. The first-order chi connectivity index (χ1) is 9.97. The van der Waals surface area contributed by atoms with Gasteiger partial charge in [-0.05, 0) is 69.2 Å². The molecule has 21 heavy (non-hydrogen) atoms. The van der Waals surface area contributed by atoms with Crippen molar-refractivity contribution in [1.29, 1.82) is 0 Å². The van der Waals surface area contributed by atoms with Crippen LogP contribution in [-0.2, 0) is 0 Å². The first kappa shape index (κ1) is 13.7. The van der Waals surface area contributed by atoms with Crippen LogP contribution in [0.25, 0.3) is 22.4 Å². The normalized spacial score (nSPS) is 11.5. The summed E-state index contributed by atoms with van der Waals surface area (Å²) >= 11 is 0. The Labute approximate surface area is 124 Å². The molecule has 0 fully saturated rings. The Kier molecular flexibility index (Phi) is 3.20. The highest BCUT2D eigenvalue weighted by atomic mass is 16.3. The lowest BCUT2D eigenvalue weighted by Crippen LogP contribution is -2.03. The number of phenols is 1. The minimum atomic E-state index is 0.291. The van der Waals surface area contributed by atoms with Gasteiger partial charge >= 0.3 is 0 Å². The Morgan fingerprint density at radius 3 is 2.48 bits per heavy atom. The van der Waals surface area contributed by atoms with Crippen molar-refractivity contribution in [3.05, 3.63) is 47.5 Å². The van der Waals surface area contributed by atoms with Crippen LogP contribution in [0.3, 0.4) is 0 Å². The number of fused-ring (bicyclic) bond motifs is 1. The van der Waals surface area contributed by atoms with Crippen molar-refractivity contribution in [2.75, 3.05) is 0 Å². The van der Waals surface area contributed by atoms with Gasteiger partial charge in [-0.3, -0.25) is 0 Å². The molecule has 0 spiro atoms. The van der Waals surface area contributed by atoms with Crippen LogP contribution in [0.1, 0.15) is 31.0 Å². The third-order valence-corrected chi connectivity index (χ3v) is 3.81. The molecular weight excluding hydrogens is 260 g/mol. The second kappa shape index (κ2) is 4.92. The molecule has 1 heterocycles. The fourth-order valence-corrected chi connectivity index (χ4v) is 2.82. The number of nitrogens with zero attached hydrogens (tertiary/aromatic N) is 2. The predicted octanol–water partition coefficient (Wildman–Crippen LogP) is 4.61. The van der Waals surface area contributed by atoms with Gasteiger partial charge in [0.05, 0.1) is 11.0 Å². The van der Waals surface area contributed by atoms with E-state index in [2.05, 4.69) is 43.5 Å². The predicted molar refractivity (Wildman–Crippen MR) is 86.7 cm³/mol. The number of hydrogen-bond acceptors (Lipinski definition) is 2. The van der Waals surface area contributed by atoms with Crippen LogP contribution in [0.15, 0.2) is 36.4 Å². The van der Waals surface area contributed by atoms with E-state index < -0.39 is 0 Å². The lowest BCUT2D eigenvalue weighted by atomic mass is 10.1. The Hall–Kier alpha value is -2.29. The van der Waals surface area contributed by atoms with E-state index in [0.717, 1.165) is 28.0 Å². The van der Waals surface area contributed by atoms with Gasteiger partial charge < -0.3 is 9.67 Å². The van der Waals surface area contributed by atoms with Gasteiger partial charge in [-0.15, -0.1) is 0 Å². The van der Waals surface area contributed by atoms with Crippen molar-refractivity contribution in [3.8, 4) is 17.1 Å². The van der Waals surface area contributed by atoms with Gasteiger partial charge in [-0.25, -0.2) is 4.98 Å². The van der Waals surface area contributed by atoms with Crippen molar-refractivity contribution in [1.82, 2.24) is 9.55 Å². The highest BCUT2D eigenvalue weighted by molar-refractivity contribution is 5.82. The first-order valence-corrected chi connectivity index (χ1v) is 7.26. The zero-order valence-electron chi connectivity index (χ0n) is 12.9. The van der Waals surface area contributed by atoms with Crippen molar-refractivity contribution < 1.29 is 5.11 Å². The van der Waals surface area contributed by atoms with E-state index in [1.807, 2.05) is 13.0 Å². The van der Waals surface area contributed by atoms with E-state index in [1.165, 1.54) is 5.56 Å². The summed E-state index contributed by atoms with van der Waals surface area (Å²) in [6, 6.07) is 12.1. The topological polar surface area (TPSA) is 38.1 Å². The van der Waals surface area contributed by atoms with Crippen molar-refractivity contribution in [2.24, 2.45) is 0 Å². The van der Waals surface area contributed by atoms with E-state index in [4.69, 9.17) is 4.98 Å². The molecule has 0 bridgehead atoms. The second-order valence-corrected chi connectivity index (χ2v) is 5.89. The van der Waals surface area contributed by atoms with E-state index >= 15 is 0 Å². The summed E-state index contributed by atoms with van der Waals surface area (Å²) in [6.07, 6.45) is 0. The highest BCUT2D eigenvalue weighted by Crippen LogP contribution is 2.31. The standard InChI is InChI=1S/C18H20N2O/c1-11(2)20-17-8-5-12(3)9-16(17)19-18(20)15-7-6-14(21)10-13(15)4/h5-11,21H,1-4H3. The average Bonchev–Trinajstić information content (AvgIpc) is 2.76. The van der Waals surface area contributed by atoms with Gasteiger partial charge in [-0.1, -0.05) is 6.07 Å². The molecule has 0 aliphatic rings. The van der Waals surface area contributed by atoms with Crippen LogP contribution >= 0.6 is 0 Å². The Bertz CT molecular complexity index is 815. The number of phenolic OH excluding ortho intramolecular Hbond substituents is 1. The molecule has 0 unspecified atom stereocenters. The summed E-state index contributed by atoms with van der Waals surface area (Å²) in [5, 5.41) is 9.61. The van der Waals surface area contributed by atoms with Gasteiger partial charge in [-0.2, -0.15) is 0 Å². The Morgan fingerprint density at radius 1 is 1.05 bits per heavy atom. The maximum Gasteiger partial charge on any atom is 0.141 e. The van der Waals surface area contributed by atoms with Gasteiger partial charge in [0, 0.05) is 11.6 Å². The van der Waals surface area contributed by atoms with Crippen LogP contribution in [0, 0.1) is 13.8 Å². The SMILES string of the molecule is Cc1ccc2c(c1)nc(-c1ccc(O)cc1C)n2C(C)C. The summed E-state index contributed by atoms with van der Waals surface area (Å²) < 4.78 is 2.26. The number of imidazole rings is 1. The zero-order valence-corrected chi connectivity index (χ0v) is 12.9. The minimum absolute atomic E-state index is 0.291. The largest absolute Gasteiger partial charge is 0.508 e. The fourth-order valence-electron chi connectivity index (χ4n) is 2.82. The van der Waals surface area contributed by atoms with E-state index in [1.54, 1.807) is 12.1 Å². The number of aromatic hydroxyl groups is 1. The number of aryl methyl sites for hydroxylation is 2. The molecule has 0 amide bonds. The summed E-state index contributed by atoms with van der Waals surface area (Å²) in [5.74, 6) is 1.25. The average molecular weight is 280 g/mol. The molecule has 0 saturated heterocycles. The maximum atomic E-state index is 9.61. The van der Waals surface area contributed by atoms with E-state index in [0.29, 0.717) is 11.8 Å². The zero-order chi connectivity index (χ0) is 15.1. The Balaban J connectivity index is 2.33. The molecule has 0 saturated carbocycles. The molecular formula is C18H20N2O. The van der Waals surface area contributed by atoms with Crippen LogP contribution in [0.4, 0.5) is 0 Å². The summed E-state index contributed by atoms with van der Waals surface area (Å²) in [6.45, 7) is 8.42. The molecule has 3 rings (SSSR count). The molecule has 3 aromatic rings. The molecule has 1 aromatic heterocycles.